The minimum absolute atomic E-state index is 0.100. The Morgan fingerprint density at radius 2 is 1.94 bits per heavy atom. The molecule has 0 N–H and O–H groups in total. The fourth-order valence-electron chi connectivity index (χ4n) is 4.16. The number of carbonyl (C=O) groups is 2. The summed E-state index contributed by atoms with van der Waals surface area (Å²) in [7, 11) is 0. The van der Waals surface area contributed by atoms with Gasteiger partial charge in [-0.2, -0.15) is 0 Å². The van der Waals surface area contributed by atoms with Gasteiger partial charge in [-0.1, -0.05) is 17.4 Å². The van der Waals surface area contributed by atoms with Crippen LogP contribution in [0.4, 0.5) is 15.2 Å². The van der Waals surface area contributed by atoms with Gasteiger partial charge in [0.2, 0.25) is 11.8 Å². The molecule has 0 aliphatic carbocycles. The number of fused-ring (bicyclic) bond motifs is 1. The highest BCUT2D eigenvalue weighted by Crippen LogP contribution is 2.34. The largest absolute Gasteiger partial charge is 0.312 e. The van der Waals surface area contributed by atoms with Gasteiger partial charge in [0.15, 0.2) is 5.13 Å². The summed E-state index contributed by atoms with van der Waals surface area (Å²) in [6.07, 6.45) is 3.52. The van der Waals surface area contributed by atoms with E-state index in [4.69, 9.17) is 4.98 Å². The maximum atomic E-state index is 13.8. The molecule has 1 unspecified atom stereocenters. The standard InChI is InChI=1S/C26H23FN4O2S/c1-16-10-22-23(11-17(16)2)34-26(29-22)31(14-18-4-3-9-28-13-18)25(33)19-12-24(32)30(15-19)21-7-5-20(27)6-8-21/h3-11,13,19H,12,14-15H2,1-2H3. The molecular weight excluding hydrogens is 451 g/mol. The first-order valence-electron chi connectivity index (χ1n) is 11.0. The van der Waals surface area contributed by atoms with Crippen molar-refractivity contribution in [3.8, 4) is 0 Å². The van der Waals surface area contributed by atoms with Crippen molar-refractivity contribution in [2.24, 2.45) is 5.92 Å². The van der Waals surface area contributed by atoms with Crippen LogP contribution < -0.4 is 9.80 Å². The normalized spacial score (nSPS) is 15.8. The number of pyridine rings is 1. The van der Waals surface area contributed by atoms with Crippen LogP contribution in [0.25, 0.3) is 10.2 Å². The molecule has 0 saturated carbocycles. The second kappa shape index (κ2) is 8.95. The van der Waals surface area contributed by atoms with Gasteiger partial charge in [0.05, 0.1) is 22.7 Å². The van der Waals surface area contributed by atoms with E-state index in [1.165, 1.54) is 29.0 Å². The number of thiazole rings is 1. The molecular formula is C26H23FN4O2S. The first kappa shape index (κ1) is 22.2. The zero-order valence-electron chi connectivity index (χ0n) is 18.9. The minimum atomic E-state index is -0.523. The molecule has 0 bridgehead atoms. The monoisotopic (exact) mass is 474 g/mol. The van der Waals surface area contributed by atoms with Crippen molar-refractivity contribution in [2.75, 3.05) is 16.3 Å². The Morgan fingerprint density at radius 3 is 2.68 bits per heavy atom. The number of hydrogen-bond acceptors (Lipinski definition) is 5. The van der Waals surface area contributed by atoms with Gasteiger partial charge in [-0.3, -0.25) is 19.5 Å². The zero-order chi connectivity index (χ0) is 23.8. The highest BCUT2D eigenvalue weighted by molar-refractivity contribution is 7.22. The fraction of sp³-hybridized carbons (Fsp3) is 0.231. The van der Waals surface area contributed by atoms with E-state index in [1.54, 1.807) is 34.3 Å². The Bertz CT molecular complexity index is 1330. The molecule has 8 heteroatoms. The lowest BCUT2D eigenvalue weighted by Gasteiger charge is -2.23. The molecule has 6 nitrogen and oxygen atoms in total. The smallest absolute Gasteiger partial charge is 0.234 e. The predicted octanol–water partition coefficient (Wildman–Crippen LogP) is 5.03. The molecule has 1 aliphatic heterocycles. The van der Waals surface area contributed by atoms with Gasteiger partial charge in [0.25, 0.3) is 0 Å². The summed E-state index contributed by atoms with van der Waals surface area (Å²) in [4.78, 5) is 38.7. The topological polar surface area (TPSA) is 66.4 Å². The maximum Gasteiger partial charge on any atom is 0.234 e. The van der Waals surface area contributed by atoms with E-state index in [-0.39, 0.29) is 30.6 Å². The zero-order valence-corrected chi connectivity index (χ0v) is 19.7. The Kier molecular flexibility index (Phi) is 5.83. The van der Waals surface area contributed by atoms with Crippen molar-refractivity contribution >= 4 is 44.2 Å². The van der Waals surface area contributed by atoms with Crippen molar-refractivity contribution in [1.82, 2.24) is 9.97 Å². The van der Waals surface area contributed by atoms with Gasteiger partial charge in [0, 0.05) is 31.0 Å². The van der Waals surface area contributed by atoms with E-state index in [2.05, 4.69) is 18.0 Å². The number of carbonyl (C=O) groups excluding carboxylic acids is 2. The van der Waals surface area contributed by atoms with Crippen LogP contribution in [0.5, 0.6) is 0 Å². The van der Waals surface area contributed by atoms with Crippen LogP contribution >= 0.6 is 11.3 Å². The van der Waals surface area contributed by atoms with Crippen LogP contribution in [0.2, 0.25) is 0 Å². The quantitative estimate of drug-likeness (QED) is 0.407. The van der Waals surface area contributed by atoms with Gasteiger partial charge in [0.1, 0.15) is 5.82 Å². The maximum absolute atomic E-state index is 13.8. The molecule has 3 heterocycles. The van der Waals surface area contributed by atoms with Crippen LogP contribution in [0.15, 0.2) is 60.9 Å². The lowest BCUT2D eigenvalue weighted by atomic mass is 10.1. The Labute approximate surface area is 200 Å². The van der Waals surface area contributed by atoms with E-state index in [0.717, 1.165) is 21.3 Å². The average Bonchev–Trinajstić information content (AvgIpc) is 3.42. The Morgan fingerprint density at radius 1 is 1.18 bits per heavy atom. The fourth-order valence-corrected chi connectivity index (χ4v) is 5.21. The molecule has 1 atom stereocenters. The summed E-state index contributed by atoms with van der Waals surface area (Å²) in [5.74, 6) is -1.20. The number of halogens is 1. The molecule has 0 radical (unpaired) electrons. The van der Waals surface area contributed by atoms with Crippen LogP contribution in [0, 0.1) is 25.6 Å². The summed E-state index contributed by atoms with van der Waals surface area (Å²) in [6, 6.07) is 13.6. The molecule has 5 rings (SSSR count). The molecule has 2 amide bonds. The molecule has 1 aliphatic rings. The van der Waals surface area contributed by atoms with E-state index < -0.39 is 5.92 Å². The van der Waals surface area contributed by atoms with Crippen molar-refractivity contribution in [3.63, 3.8) is 0 Å². The highest BCUT2D eigenvalue weighted by atomic mass is 32.1. The second-order valence-electron chi connectivity index (χ2n) is 8.57. The summed E-state index contributed by atoms with van der Waals surface area (Å²) in [6.45, 7) is 4.66. The molecule has 172 valence electrons. The van der Waals surface area contributed by atoms with Crippen LogP contribution in [0.3, 0.4) is 0 Å². The summed E-state index contributed by atoms with van der Waals surface area (Å²) in [5.41, 5.74) is 4.63. The van der Waals surface area contributed by atoms with Gasteiger partial charge in [-0.05, 0) is 73.0 Å². The molecule has 0 spiro atoms. The molecule has 1 saturated heterocycles. The van der Waals surface area contributed by atoms with Gasteiger partial charge < -0.3 is 4.90 Å². The number of amides is 2. The molecule has 4 aromatic rings. The number of hydrogen-bond donors (Lipinski definition) is 0. The van der Waals surface area contributed by atoms with E-state index >= 15 is 0 Å². The molecule has 34 heavy (non-hydrogen) atoms. The third-order valence-electron chi connectivity index (χ3n) is 6.17. The minimum Gasteiger partial charge on any atom is -0.312 e. The lowest BCUT2D eigenvalue weighted by molar-refractivity contribution is -0.124. The summed E-state index contributed by atoms with van der Waals surface area (Å²) >= 11 is 1.47. The van der Waals surface area contributed by atoms with Crippen molar-refractivity contribution in [1.29, 1.82) is 0 Å². The van der Waals surface area contributed by atoms with Crippen molar-refractivity contribution in [3.05, 3.63) is 83.4 Å². The average molecular weight is 475 g/mol. The number of nitrogens with zero attached hydrogens (tertiary/aromatic N) is 4. The van der Waals surface area contributed by atoms with Crippen LogP contribution in [-0.2, 0) is 16.1 Å². The first-order valence-corrected chi connectivity index (χ1v) is 11.8. The number of aryl methyl sites for hydroxylation is 2. The van der Waals surface area contributed by atoms with Crippen molar-refractivity contribution in [2.45, 2.75) is 26.8 Å². The third kappa shape index (κ3) is 4.28. The van der Waals surface area contributed by atoms with Crippen LogP contribution in [-0.4, -0.2) is 28.3 Å². The van der Waals surface area contributed by atoms with E-state index in [0.29, 0.717) is 17.4 Å². The second-order valence-corrected chi connectivity index (χ2v) is 9.58. The number of aromatic nitrogens is 2. The number of anilines is 2. The molecule has 1 fully saturated rings. The van der Waals surface area contributed by atoms with Gasteiger partial charge in [-0.15, -0.1) is 0 Å². The van der Waals surface area contributed by atoms with E-state index in [9.17, 15) is 14.0 Å². The van der Waals surface area contributed by atoms with Gasteiger partial charge in [-0.25, -0.2) is 9.37 Å². The number of benzene rings is 2. The summed E-state index contributed by atoms with van der Waals surface area (Å²) < 4.78 is 14.4. The third-order valence-corrected chi connectivity index (χ3v) is 7.21. The SMILES string of the molecule is Cc1cc2nc(N(Cc3cccnc3)C(=O)C3CC(=O)N(c4ccc(F)cc4)C3)sc2cc1C. The first-order chi connectivity index (χ1) is 16.4. The Balaban J connectivity index is 1.47. The molecule has 2 aromatic heterocycles. The predicted molar refractivity (Wildman–Crippen MR) is 131 cm³/mol. The highest BCUT2D eigenvalue weighted by Gasteiger charge is 2.38. The lowest BCUT2D eigenvalue weighted by Crippen LogP contribution is -2.37. The van der Waals surface area contributed by atoms with Gasteiger partial charge >= 0.3 is 0 Å². The van der Waals surface area contributed by atoms with Crippen LogP contribution in [0.1, 0.15) is 23.1 Å². The number of rotatable bonds is 5. The van der Waals surface area contributed by atoms with E-state index in [1.807, 2.05) is 25.1 Å². The summed E-state index contributed by atoms with van der Waals surface area (Å²) in [5, 5.41) is 0.599. The van der Waals surface area contributed by atoms with Crippen molar-refractivity contribution < 1.29 is 14.0 Å². The molecule has 2 aromatic carbocycles. The Hall–Kier alpha value is -3.65.